The van der Waals surface area contributed by atoms with Crippen LogP contribution in [0.25, 0.3) is 0 Å². The van der Waals surface area contributed by atoms with E-state index in [1.54, 1.807) is 32.2 Å². The summed E-state index contributed by atoms with van der Waals surface area (Å²) in [6.45, 7) is 6.64. The molecule has 190 valence electrons. The lowest BCUT2D eigenvalue weighted by atomic mass is 10.2. The number of hydrogen-bond donors (Lipinski definition) is 1. The number of rotatable bonds is 9. The van der Waals surface area contributed by atoms with E-state index in [-0.39, 0.29) is 22.2 Å². The second-order valence-electron chi connectivity index (χ2n) is 8.05. The van der Waals surface area contributed by atoms with Crippen molar-refractivity contribution in [3.8, 4) is 0 Å². The Labute approximate surface area is 209 Å². The number of sulfonamides is 1. The van der Waals surface area contributed by atoms with E-state index in [1.807, 2.05) is 23.1 Å². The van der Waals surface area contributed by atoms with Gasteiger partial charge in [-0.1, -0.05) is 19.9 Å². The van der Waals surface area contributed by atoms with Gasteiger partial charge in [-0.2, -0.15) is 4.31 Å². The fourth-order valence-corrected chi connectivity index (χ4v) is 5.57. The summed E-state index contributed by atoms with van der Waals surface area (Å²) in [6, 6.07) is 11.8. The Morgan fingerprint density at radius 3 is 2.22 bits per heavy atom. The van der Waals surface area contributed by atoms with Gasteiger partial charge in [0, 0.05) is 51.2 Å². The molecule has 1 N–H and O–H groups in total. The number of anilines is 4. The molecule has 0 spiro atoms. The Hall–Kier alpha value is -3.84. The van der Waals surface area contributed by atoms with E-state index in [4.69, 9.17) is 0 Å². The van der Waals surface area contributed by atoms with Crippen LogP contribution in [0.3, 0.4) is 0 Å². The minimum absolute atomic E-state index is 0.0384. The molecule has 3 heterocycles. The summed E-state index contributed by atoms with van der Waals surface area (Å²) in [6.07, 6.45) is 3.02. The summed E-state index contributed by atoms with van der Waals surface area (Å²) in [5.41, 5.74) is 0.241. The predicted octanol–water partition coefficient (Wildman–Crippen LogP) is 2.88. The summed E-state index contributed by atoms with van der Waals surface area (Å²) in [5.74, 6) is 1.14. The van der Waals surface area contributed by atoms with Gasteiger partial charge in [0.25, 0.3) is 0 Å². The number of nitro groups is 1. The van der Waals surface area contributed by atoms with E-state index in [1.165, 1.54) is 22.8 Å². The number of piperazine rings is 1. The van der Waals surface area contributed by atoms with Gasteiger partial charge >= 0.3 is 5.69 Å². The number of hydrogen-bond acceptors (Lipinski definition) is 10. The molecule has 3 aromatic rings. The molecule has 1 fully saturated rings. The molecule has 1 aliphatic heterocycles. The first-order valence-corrected chi connectivity index (χ1v) is 13.1. The number of nitrogens with zero attached hydrogens (tertiary/aromatic N) is 7. The fourth-order valence-electron chi connectivity index (χ4n) is 4.11. The molecule has 36 heavy (non-hydrogen) atoms. The molecule has 0 radical (unpaired) electrons. The lowest BCUT2D eigenvalue weighted by Gasteiger charge is -2.35. The second kappa shape index (κ2) is 10.8. The molecule has 1 aliphatic rings. The Morgan fingerprint density at radius 1 is 0.972 bits per heavy atom. The summed E-state index contributed by atoms with van der Waals surface area (Å²) in [7, 11) is -3.60. The van der Waals surface area contributed by atoms with Crippen molar-refractivity contribution in [3.63, 3.8) is 0 Å². The van der Waals surface area contributed by atoms with Crippen LogP contribution < -0.4 is 15.1 Å². The molecule has 0 aliphatic carbocycles. The maximum absolute atomic E-state index is 12.7. The second-order valence-corrected chi connectivity index (χ2v) is 9.99. The largest absolute Gasteiger partial charge is 0.353 e. The molecule has 12 nitrogen and oxygen atoms in total. The molecule has 0 saturated carbocycles. The van der Waals surface area contributed by atoms with Gasteiger partial charge in [0.2, 0.25) is 21.7 Å². The minimum Gasteiger partial charge on any atom is -0.353 e. The highest BCUT2D eigenvalue weighted by Crippen LogP contribution is 2.34. The zero-order chi connectivity index (χ0) is 25.7. The van der Waals surface area contributed by atoms with Gasteiger partial charge in [0.15, 0.2) is 0 Å². The molecule has 1 saturated heterocycles. The molecule has 0 bridgehead atoms. The molecule has 0 unspecified atom stereocenters. The van der Waals surface area contributed by atoms with Gasteiger partial charge in [-0.25, -0.2) is 23.4 Å². The highest BCUT2D eigenvalue weighted by molar-refractivity contribution is 7.89. The molecular weight excluding hydrogens is 484 g/mol. The van der Waals surface area contributed by atoms with E-state index < -0.39 is 14.9 Å². The average Bonchev–Trinajstić information content (AvgIpc) is 2.90. The van der Waals surface area contributed by atoms with E-state index in [9.17, 15) is 18.5 Å². The van der Waals surface area contributed by atoms with Crippen molar-refractivity contribution in [2.45, 2.75) is 18.7 Å². The Kier molecular flexibility index (Phi) is 7.60. The number of pyridine rings is 1. The summed E-state index contributed by atoms with van der Waals surface area (Å²) in [5, 5.41) is 15.0. The Bertz CT molecular complexity index is 1290. The molecule has 2 aromatic heterocycles. The standard InChI is InChI=1S/C23H28N8O4S/c1-3-30(4-2)36(34,35)19-10-8-18(9-11-19)27-22-21(31(32)33)23(26-17-25-22)29-15-13-28(14-16-29)20-7-5-6-12-24-20/h5-12,17H,3-4,13-16H2,1-2H3,(H,25,26,27). The van der Waals surface area contributed by atoms with Crippen LogP contribution in [0.15, 0.2) is 59.9 Å². The van der Waals surface area contributed by atoms with Crippen LogP contribution in [-0.4, -0.2) is 71.9 Å². The van der Waals surface area contributed by atoms with Crippen molar-refractivity contribution in [1.82, 2.24) is 19.3 Å². The third-order valence-electron chi connectivity index (χ3n) is 6.00. The minimum atomic E-state index is -3.60. The lowest BCUT2D eigenvalue weighted by Crippen LogP contribution is -2.47. The zero-order valence-corrected chi connectivity index (χ0v) is 20.9. The van der Waals surface area contributed by atoms with E-state index in [0.29, 0.717) is 45.0 Å². The first kappa shape index (κ1) is 25.3. The normalized spacial score (nSPS) is 14.2. The van der Waals surface area contributed by atoms with Crippen molar-refractivity contribution < 1.29 is 13.3 Å². The number of benzene rings is 1. The molecule has 0 atom stereocenters. The third kappa shape index (κ3) is 5.21. The monoisotopic (exact) mass is 512 g/mol. The van der Waals surface area contributed by atoms with Crippen LogP contribution in [0, 0.1) is 10.1 Å². The SMILES string of the molecule is CCN(CC)S(=O)(=O)c1ccc(Nc2ncnc(N3CCN(c4ccccn4)CC3)c2[N+](=O)[O-])cc1. The average molecular weight is 513 g/mol. The first-order chi connectivity index (χ1) is 17.3. The maximum atomic E-state index is 12.7. The highest BCUT2D eigenvalue weighted by atomic mass is 32.2. The fraction of sp³-hybridized carbons (Fsp3) is 0.348. The summed E-state index contributed by atoms with van der Waals surface area (Å²) >= 11 is 0. The molecule has 1 aromatic carbocycles. The van der Waals surface area contributed by atoms with Crippen molar-refractivity contribution in [3.05, 3.63) is 65.1 Å². The summed E-state index contributed by atoms with van der Waals surface area (Å²) in [4.78, 5) is 28.4. The molecule has 13 heteroatoms. The van der Waals surface area contributed by atoms with Crippen molar-refractivity contribution >= 4 is 38.9 Å². The summed E-state index contributed by atoms with van der Waals surface area (Å²) < 4.78 is 26.8. The van der Waals surface area contributed by atoms with Gasteiger partial charge in [-0.3, -0.25) is 10.1 Å². The van der Waals surface area contributed by atoms with E-state index in [2.05, 4.69) is 25.2 Å². The van der Waals surface area contributed by atoms with Crippen LogP contribution in [0.1, 0.15) is 13.8 Å². The van der Waals surface area contributed by atoms with Crippen molar-refractivity contribution in [1.29, 1.82) is 0 Å². The quantitative estimate of drug-likeness (QED) is 0.336. The van der Waals surface area contributed by atoms with Gasteiger partial charge in [-0.15, -0.1) is 0 Å². The van der Waals surface area contributed by atoms with Gasteiger partial charge in [0.05, 0.1) is 9.82 Å². The smallest absolute Gasteiger partial charge is 0.353 e. The van der Waals surface area contributed by atoms with Gasteiger partial charge in [-0.05, 0) is 36.4 Å². The maximum Gasteiger partial charge on any atom is 0.353 e. The van der Waals surface area contributed by atoms with Crippen molar-refractivity contribution in [2.24, 2.45) is 0 Å². The van der Waals surface area contributed by atoms with Gasteiger partial charge < -0.3 is 15.1 Å². The van der Waals surface area contributed by atoms with Gasteiger partial charge in [0.1, 0.15) is 12.1 Å². The number of nitrogens with one attached hydrogen (secondary N) is 1. The third-order valence-corrected chi connectivity index (χ3v) is 8.06. The highest BCUT2D eigenvalue weighted by Gasteiger charge is 2.30. The van der Waals surface area contributed by atoms with E-state index in [0.717, 1.165) is 5.82 Å². The van der Waals surface area contributed by atoms with Crippen LogP contribution in [0.2, 0.25) is 0 Å². The molecule has 0 amide bonds. The van der Waals surface area contributed by atoms with Crippen LogP contribution in [0.5, 0.6) is 0 Å². The van der Waals surface area contributed by atoms with Crippen LogP contribution in [-0.2, 0) is 10.0 Å². The topological polar surface area (TPSA) is 138 Å². The van der Waals surface area contributed by atoms with E-state index >= 15 is 0 Å². The lowest BCUT2D eigenvalue weighted by molar-refractivity contribution is -0.383. The van der Waals surface area contributed by atoms with Crippen molar-refractivity contribution in [2.75, 3.05) is 54.4 Å². The van der Waals surface area contributed by atoms with Crippen LogP contribution in [0.4, 0.5) is 28.8 Å². The molecule has 4 rings (SSSR count). The Balaban J connectivity index is 1.54. The number of aromatic nitrogens is 3. The first-order valence-electron chi connectivity index (χ1n) is 11.6. The Morgan fingerprint density at radius 2 is 1.64 bits per heavy atom. The zero-order valence-electron chi connectivity index (χ0n) is 20.1. The molecular formula is C23H28N8O4S. The van der Waals surface area contributed by atoms with Crippen LogP contribution >= 0.6 is 0 Å². The predicted molar refractivity (Wildman–Crippen MR) is 137 cm³/mol.